The van der Waals surface area contributed by atoms with Crippen LogP contribution in [0.25, 0.3) is 0 Å². The number of carboxylic acids is 1. The predicted octanol–water partition coefficient (Wildman–Crippen LogP) is 5.14. The summed E-state index contributed by atoms with van der Waals surface area (Å²) in [5.74, 6) is -1.12. The van der Waals surface area contributed by atoms with Gasteiger partial charge in [0.05, 0.1) is 6.54 Å². The van der Waals surface area contributed by atoms with Gasteiger partial charge in [-0.05, 0) is 39.9 Å². The number of carbonyl (C=O) groups is 3. The first-order chi connectivity index (χ1) is 20.5. The highest BCUT2D eigenvalue weighted by Crippen LogP contribution is 2.25. The Morgan fingerprint density at radius 2 is 1.40 bits per heavy atom. The lowest BCUT2D eigenvalue weighted by atomic mass is 9.93. The predicted molar refractivity (Wildman–Crippen MR) is 157 cm³/mol. The second kappa shape index (κ2) is 13.5. The molecule has 0 aliphatic carbocycles. The Kier molecular flexibility index (Phi) is 9.13. The van der Waals surface area contributed by atoms with E-state index in [2.05, 4.69) is 5.32 Å². The van der Waals surface area contributed by atoms with E-state index in [4.69, 9.17) is 9.47 Å². The van der Waals surface area contributed by atoms with Gasteiger partial charge in [0.1, 0.15) is 31.0 Å². The van der Waals surface area contributed by atoms with Crippen molar-refractivity contribution in [2.24, 2.45) is 0 Å². The molecule has 0 saturated carbocycles. The van der Waals surface area contributed by atoms with Crippen molar-refractivity contribution in [1.29, 1.82) is 0 Å². The van der Waals surface area contributed by atoms with Crippen LogP contribution in [0.2, 0.25) is 0 Å². The monoisotopic (exact) mass is 564 g/mol. The fraction of sp³-hybridized carbons (Fsp3) is 0.206. The lowest BCUT2D eigenvalue weighted by molar-refractivity contribution is -0.142. The molecule has 0 unspecified atom stereocenters. The molecule has 8 nitrogen and oxygen atoms in total. The molecule has 5 rings (SSSR count). The fourth-order valence-corrected chi connectivity index (χ4v) is 4.96. The number of ether oxygens (including phenoxy) is 2. The van der Waals surface area contributed by atoms with Crippen LogP contribution in [0.4, 0.5) is 4.79 Å². The van der Waals surface area contributed by atoms with E-state index in [9.17, 15) is 19.5 Å². The third-order valence-corrected chi connectivity index (χ3v) is 7.19. The molecular formula is C34H32N2O6. The normalized spacial score (nSPS) is 14.8. The molecule has 0 radical (unpaired) electrons. The second-order valence-corrected chi connectivity index (χ2v) is 10.2. The number of nitrogens with zero attached hydrogens (tertiary/aromatic N) is 1. The van der Waals surface area contributed by atoms with Crippen LogP contribution in [-0.2, 0) is 46.9 Å². The van der Waals surface area contributed by atoms with Gasteiger partial charge >= 0.3 is 12.1 Å². The van der Waals surface area contributed by atoms with Crippen molar-refractivity contribution in [3.8, 4) is 5.75 Å². The van der Waals surface area contributed by atoms with Crippen LogP contribution < -0.4 is 10.1 Å². The highest BCUT2D eigenvalue weighted by molar-refractivity contribution is 5.90. The minimum absolute atomic E-state index is 0.0470. The topological polar surface area (TPSA) is 105 Å². The average molecular weight is 565 g/mol. The van der Waals surface area contributed by atoms with E-state index < -0.39 is 30.1 Å². The maximum atomic E-state index is 13.6. The quantitative estimate of drug-likeness (QED) is 0.276. The Bertz CT molecular complexity index is 1530. The number of carboxylic acid groups (broad SMARTS) is 1. The van der Waals surface area contributed by atoms with E-state index in [1.165, 1.54) is 4.90 Å². The first-order valence-electron chi connectivity index (χ1n) is 13.8. The zero-order valence-electron chi connectivity index (χ0n) is 23.0. The summed E-state index contributed by atoms with van der Waals surface area (Å²) in [5.41, 5.74) is 4.38. The third kappa shape index (κ3) is 7.34. The molecule has 0 bridgehead atoms. The molecule has 1 aliphatic rings. The molecule has 0 aromatic heterocycles. The highest BCUT2D eigenvalue weighted by Gasteiger charge is 2.37. The maximum Gasteiger partial charge on any atom is 0.411 e. The van der Waals surface area contributed by atoms with Crippen LogP contribution in [-0.4, -0.2) is 40.1 Å². The lowest BCUT2D eigenvalue weighted by Gasteiger charge is -2.35. The Balaban J connectivity index is 1.27. The van der Waals surface area contributed by atoms with Gasteiger partial charge in [0, 0.05) is 12.8 Å². The standard InChI is InChI=1S/C34H32N2O6/c37-32(35-30(33(38)39)19-26-14-9-17-29(18-26)41-22-24-10-3-1-4-11-24)31-20-27-15-7-8-16-28(27)21-36(31)34(40)42-23-25-12-5-2-6-13-25/h1-18,30-31H,19-23H2,(H,35,37)(H,38,39)/t30-,31+/m1/s1. The molecule has 0 fully saturated rings. The van der Waals surface area contributed by atoms with Gasteiger partial charge in [-0.25, -0.2) is 9.59 Å². The van der Waals surface area contributed by atoms with Gasteiger partial charge in [-0.15, -0.1) is 0 Å². The van der Waals surface area contributed by atoms with Gasteiger partial charge in [0.15, 0.2) is 0 Å². The summed E-state index contributed by atoms with van der Waals surface area (Å²) in [6.45, 7) is 0.621. The smallest absolute Gasteiger partial charge is 0.411 e. The van der Waals surface area contributed by atoms with E-state index in [1.807, 2.05) is 84.9 Å². The van der Waals surface area contributed by atoms with Gasteiger partial charge < -0.3 is 19.9 Å². The number of carbonyl (C=O) groups excluding carboxylic acids is 2. The molecule has 4 aromatic carbocycles. The SMILES string of the molecule is O=C(O)[C@@H](Cc1cccc(OCc2ccccc2)c1)NC(=O)[C@@H]1Cc2ccccc2CN1C(=O)OCc1ccccc1. The van der Waals surface area contributed by atoms with Crippen LogP contribution in [0.3, 0.4) is 0 Å². The summed E-state index contributed by atoms with van der Waals surface area (Å²) in [5, 5.41) is 12.7. The van der Waals surface area contributed by atoms with Crippen molar-refractivity contribution in [3.05, 3.63) is 137 Å². The van der Waals surface area contributed by atoms with Crippen molar-refractivity contribution < 1.29 is 29.0 Å². The van der Waals surface area contributed by atoms with Crippen molar-refractivity contribution in [2.45, 2.75) is 44.7 Å². The number of rotatable bonds is 10. The highest BCUT2D eigenvalue weighted by atomic mass is 16.6. The minimum Gasteiger partial charge on any atom is -0.489 e. The van der Waals surface area contributed by atoms with E-state index in [0.29, 0.717) is 17.9 Å². The lowest BCUT2D eigenvalue weighted by Crippen LogP contribution is -2.56. The number of aliphatic carboxylic acids is 1. The van der Waals surface area contributed by atoms with Crippen molar-refractivity contribution in [1.82, 2.24) is 10.2 Å². The molecule has 2 N–H and O–H groups in total. The van der Waals surface area contributed by atoms with Crippen molar-refractivity contribution >= 4 is 18.0 Å². The van der Waals surface area contributed by atoms with Crippen molar-refractivity contribution in [3.63, 3.8) is 0 Å². The van der Waals surface area contributed by atoms with Gasteiger partial charge in [-0.3, -0.25) is 9.69 Å². The maximum absolute atomic E-state index is 13.6. The fourth-order valence-electron chi connectivity index (χ4n) is 4.96. The zero-order valence-corrected chi connectivity index (χ0v) is 23.0. The Morgan fingerprint density at radius 1 is 0.786 bits per heavy atom. The summed E-state index contributed by atoms with van der Waals surface area (Å²) in [4.78, 5) is 40.4. The molecule has 2 atom stereocenters. The number of amides is 2. The van der Waals surface area contributed by atoms with Crippen LogP contribution in [0, 0.1) is 0 Å². The number of nitrogens with one attached hydrogen (secondary N) is 1. The Labute approximate surface area is 244 Å². The van der Waals surface area contributed by atoms with Gasteiger partial charge in [-0.1, -0.05) is 97.1 Å². The number of fused-ring (bicyclic) bond motifs is 1. The van der Waals surface area contributed by atoms with Gasteiger partial charge in [0.25, 0.3) is 0 Å². The minimum atomic E-state index is -1.21. The molecule has 8 heteroatoms. The van der Waals surface area contributed by atoms with Crippen LogP contribution in [0.1, 0.15) is 27.8 Å². The third-order valence-electron chi connectivity index (χ3n) is 7.19. The molecular weight excluding hydrogens is 532 g/mol. The molecule has 214 valence electrons. The Hall–Kier alpha value is -5.11. The first kappa shape index (κ1) is 28.4. The van der Waals surface area contributed by atoms with Gasteiger partial charge in [0.2, 0.25) is 5.91 Å². The molecule has 1 aliphatic heterocycles. The van der Waals surface area contributed by atoms with E-state index in [1.54, 1.807) is 24.3 Å². The number of hydrogen-bond acceptors (Lipinski definition) is 5. The Morgan fingerprint density at radius 3 is 2.10 bits per heavy atom. The average Bonchev–Trinajstić information content (AvgIpc) is 3.02. The van der Waals surface area contributed by atoms with Crippen LogP contribution in [0.15, 0.2) is 109 Å². The van der Waals surface area contributed by atoms with Crippen LogP contribution >= 0.6 is 0 Å². The number of hydrogen-bond donors (Lipinski definition) is 2. The summed E-state index contributed by atoms with van der Waals surface area (Å²) < 4.78 is 11.4. The van der Waals surface area contributed by atoms with E-state index in [0.717, 1.165) is 22.3 Å². The molecule has 0 spiro atoms. The second-order valence-electron chi connectivity index (χ2n) is 10.2. The molecule has 2 amide bonds. The summed E-state index contributed by atoms with van der Waals surface area (Å²) >= 11 is 0. The zero-order chi connectivity index (χ0) is 29.3. The first-order valence-corrected chi connectivity index (χ1v) is 13.8. The molecule has 1 heterocycles. The largest absolute Gasteiger partial charge is 0.489 e. The summed E-state index contributed by atoms with van der Waals surface area (Å²) in [6, 6.07) is 31.6. The van der Waals surface area contributed by atoms with E-state index >= 15 is 0 Å². The number of benzene rings is 4. The summed E-state index contributed by atoms with van der Waals surface area (Å²) in [7, 11) is 0. The molecule has 4 aromatic rings. The van der Waals surface area contributed by atoms with Crippen LogP contribution in [0.5, 0.6) is 5.75 Å². The van der Waals surface area contributed by atoms with Crippen molar-refractivity contribution in [2.75, 3.05) is 0 Å². The van der Waals surface area contributed by atoms with Gasteiger partial charge in [-0.2, -0.15) is 0 Å². The molecule has 0 saturated heterocycles. The van der Waals surface area contributed by atoms with E-state index in [-0.39, 0.29) is 26.0 Å². The summed E-state index contributed by atoms with van der Waals surface area (Å²) in [6.07, 6.45) is -0.341. The molecule has 42 heavy (non-hydrogen) atoms.